The van der Waals surface area contributed by atoms with Gasteiger partial charge in [-0.2, -0.15) is 0 Å². The lowest BCUT2D eigenvalue weighted by atomic mass is 10.1. The van der Waals surface area contributed by atoms with Crippen LogP contribution in [0, 0.1) is 6.92 Å². The standard InChI is InChI=1S/C26H18Br2N2O6/c1-14-2-8-18(9-3-14)30-24(32)19(23(31)29-26(30)35)10-16-11-20(27)22(21(28)12-16)36-13-15-4-6-17(7-5-15)25(33)34/h2-12H,13H2,1H3,(H,33,34)(H,29,31,35)/b19-10-. The number of ether oxygens (including phenoxy) is 1. The minimum Gasteiger partial charge on any atom is -0.487 e. The van der Waals surface area contributed by atoms with Crippen molar-refractivity contribution in [2.75, 3.05) is 4.90 Å². The average molecular weight is 614 g/mol. The SMILES string of the molecule is Cc1ccc(N2C(=O)NC(=O)/C(=C/c3cc(Br)c(OCc4ccc(C(=O)O)cc4)c(Br)c3)C2=O)cc1. The molecule has 1 saturated heterocycles. The molecule has 0 aromatic heterocycles. The van der Waals surface area contributed by atoms with Gasteiger partial charge in [0.2, 0.25) is 0 Å². The highest BCUT2D eigenvalue weighted by atomic mass is 79.9. The lowest BCUT2D eigenvalue weighted by molar-refractivity contribution is -0.122. The lowest BCUT2D eigenvalue weighted by Gasteiger charge is -2.26. The molecule has 0 spiro atoms. The fraction of sp³-hybridized carbons (Fsp3) is 0.0769. The first-order valence-corrected chi connectivity index (χ1v) is 12.1. The quantitative estimate of drug-likeness (QED) is 0.282. The first-order chi connectivity index (χ1) is 17.1. The summed E-state index contributed by atoms with van der Waals surface area (Å²) in [6.45, 7) is 2.07. The third-order valence-corrected chi connectivity index (χ3v) is 6.49. The number of hydrogen-bond acceptors (Lipinski definition) is 5. The van der Waals surface area contributed by atoms with E-state index in [0.717, 1.165) is 16.0 Å². The van der Waals surface area contributed by atoms with Crippen LogP contribution < -0.4 is 15.0 Å². The molecule has 1 fully saturated rings. The van der Waals surface area contributed by atoms with E-state index in [1.54, 1.807) is 48.5 Å². The highest BCUT2D eigenvalue weighted by molar-refractivity contribution is 9.11. The molecule has 3 aromatic rings. The van der Waals surface area contributed by atoms with Crippen LogP contribution in [-0.4, -0.2) is 28.9 Å². The topological polar surface area (TPSA) is 113 Å². The summed E-state index contributed by atoms with van der Waals surface area (Å²) < 4.78 is 6.99. The molecule has 1 aliphatic heterocycles. The maximum absolute atomic E-state index is 13.1. The first-order valence-electron chi connectivity index (χ1n) is 10.6. The van der Waals surface area contributed by atoms with Crippen LogP contribution in [0.5, 0.6) is 5.75 Å². The van der Waals surface area contributed by atoms with Gasteiger partial charge >= 0.3 is 12.0 Å². The highest BCUT2D eigenvalue weighted by Crippen LogP contribution is 2.36. The summed E-state index contributed by atoms with van der Waals surface area (Å²) in [5.74, 6) is -2.04. The Labute approximate surface area is 222 Å². The summed E-state index contributed by atoms with van der Waals surface area (Å²) in [7, 11) is 0. The normalized spacial score (nSPS) is 14.7. The number of aryl methyl sites for hydroxylation is 1. The number of rotatable bonds is 6. The first kappa shape index (κ1) is 25.3. The monoisotopic (exact) mass is 612 g/mol. The number of nitrogens with one attached hydrogen (secondary N) is 1. The molecule has 0 bridgehead atoms. The van der Waals surface area contributed by atoms with Crippen LogP contribution in [0.15, 0.2) is 75.2 Å². The van der Waals surface area contributed by atoms with E-state index >= 15 is 0 Å². The van der Waals surface area contributed by atoms with Gasteiger partial charge in [-0.1, -0.05) is 29.8 Å². The van der Waals surface area contributed by atoms with E-state index in [4.69, 9.17) is 9.84 Å². The molecule has 3 aromatic carbocycles. The predicted molar refractivity (Wildman–Crippen MR) is 140 cm³/mol. The second-order valence-corrected chi connectivity index (χ2v) is 9.61. The zero-order chi connectivity index (χ0) is 26.0. The van der Waals surface area contributed by atoms with Crippen LogP contribution >= 0.6 is 31.9 Å². The maximum atomic E-state index is 13.1. The molecule has 8 nitrogen and oxygen atoms in total. The van der Waals surface area contributed by atoms with E-state index in [1.165, 1.54) is 18.2 Å². The number of halogens is 2. The second kappa shape index (κ2) is 10.5. The number of hydrogen-bond donors (Lipinski definition) is 2. The average Bonchev–Trinajstić information content (AvgIpc) is 2.82. The Morgan fingerprint density at radius 3 is 2.19 bits per heavy atom. The number of amides is 4. The molecular formula is C26H18Br2N2O6. The van der Waals surface area contributed by atoms with E-state index in [2.05, 4.69) is 37.2 Å². The summed E-state index contributed by atoms with van der Waals surface area (Å²) in [6.07, 6.45) is 1.40. The van der Waals surface area contributed by atoms with Crippen molar-refractivity contribution < 1.29 is 29.0 Å². The molecule has 0 unspecified atom stereocenters. The fourth-order valence-corrected chi connectivity index (χ4v) is 4.90. The number of carbonyl (C=O) groups is 4. The minimum absolute atomic E-state index is 0.183. The van der Waals surface area contributed by atoms with Crippen molar-refractivity contribution in [3.8, 4) is 5.75 Å². The third kappa shape index (κ3) is 5.39. The van der Waals surface area contributed by atoms with Gasteiger partial charge in [0.15, 0.2) is 0 Å². The molecular weight excluding hydrogens is 596 g/mol. The molecule has 10 heteroatoms. The number of carboxylic acid groups (broad SMARTS) is 1. The van der Waals surface area contributed by atoms with Gasteiger partial charge < -0.3 is 9.84 Å². The molecule has 1 heterocycles. The van der Waals surface area contributed by atoms with Gasteiger partial charge in [-0.3, -0.25) is 14.9 Å². The number of anilines is 1. The summed E-state index contributed by atoms with van der Waals surface area (Å²) in [5.41, 5.74) is 2.59. The molecule has 4 rings (SSSR count). The molecule has 2 N–H and O–H groups in total. The van der Waals surface area contributed by atoms with E-state index in [9.17, 15) is 19.2 Å². The number of aromatic carboxylic acids is 1. The van der Waals surface area contributed by atoms with Crippen LogP contribution in [0.25, 0.3) is 6.08 Å². The second-order valence-electron chi connectivity index (χ2n) is 7.90. The molecule has 0 radical (unpaired) electrons. The predicted octanol–water partition coefficient (Wildman–Crippen LogP) is 5.46. The number of urea groups is 1. The molecule has 0 atom stereocenters. The van der Waals surface area contributed by atoms with Gasteiger partial charge in [0.05, 0.1) is 20.2 Å². The number of benzene rings is 3. The van der Waals surface area contributed by atoms with Crippen LogP contribution in [0.2, 0.25) is 0 Å². The van der Waals surface area contributed by atoms with Gasteiger partial charge in [0, 0.05) is 0 Å². The molecule has 182 valence electrons. The number of imide groups is 2. The Kier molecular flexibility index (Phi) is 7.37. The van der Waals surface area contributed by atoms with Crippen molar-refractivity contribution in [3.63, 3.8) is 0 Å². The number of carboxylic acids is 1. The van der Waals surface area contributed by atoms with E-state index in [0.29, 0.717) is 25.9 Å². The van der Waals surface area contributed by atoms with Gasteiger partial charge in [-0.05, 0) is 92.4 Å². The van der Waals surface area contributed by atoms with Gasteiger partial charge in [0.1, 0.15) is 17.9 Å². The molecule has 0 saturated carbocycles. The van der Waals surface area contributed by atoms with Crippen LogP contribution in [-0.2, 0) is 16.2 Å². The van der Waals surface area contributed by atoms with E-state index in [1.807, 2.05) is 6.92 Å². The van der Waals surface area contributed by atoms with Crippen molar-refractivity contribution in [2.45, 2.75) is 13.5 Å². The summed E-state index contributed by atoms with van der Waals surface area (Å²) >= 11 is 6.90. The molecule has 36 heavy (non-hydrogen) atoms. The zero-order valence-corrected chi connectivity index (χ0v) is 21.9. The lowest BCUT2D eigenvalue weighted by Crippen LogP contribution is -2.54. The molecule has 0 aliphatic carbocycles. The van der Waals surface area contributed by atoms with Crippen LogP contribution in [0.3, 0.4) is 0 Å². The Balaban J connectivity index is 1.57. The van der Waals surface area contributed by atoms with Crippen molar-refractivity contribution in [3.05, 3.63) is 97.4 Å². The summed E-state index contributed by atoms with van der Waals surface area (Å²) in [5, 5.41) is 11.2. The number of nitrogens with zero attached hydrogens (tertiary/aromatic N) is 1. The minimum atomic E-state index is -1.01. The van der Waals surface area contributed by atoms with Gasteiger partial charge in [-0.25, -0.2) is 14.5 Å². The van der Waals surface area contributed by atoms with Crippen LogP contribution in [0.4, 0.5) is 10.5 Å². The largest absolute Gasteiger partial charge is 0.487 e. The van der Waals surface area contributed by atoms with Crippen molar-refractivity contribution >= 4 is 67.4 Å². The van der Waals surface area contributed by atoms with Crippen LogP contribution in [0.1, 0.15) is 27.0 Å². The summed E-state index contributed by atoms with van der Waals surface area (Å²) in [6, 6.07) is 15.7. The fourth-order valence-electron chi connectivity index (χ4n) is 3.45. The Hall–Kier alpha value is -3.76. The third-order valence-electron chi connectivity index (χ3n) is 5.31. The highest BCUT2D eigenvalue weighted by Gasteiger charge is 2.36. The van der Waals surface area contributed by atoms with Gasteiger partial charge in [0.25, 0.3) is 11.8 Å². The number of barbiturate groups is 1. The van der Waals surface area contributed by atoms with Crippen molar-refractivity contribution in [2.24, 2.45) is 0 Å². The molecule has 1 aliphatic rings. The summed E-state index contributed by atoms with van der Waals surface area (Å²) in [4.78, 5) is 49.9. The van der Waals surface area contributed by atoms with E-state index in [-0.39, 0.29) is 17.7 Å². The van der Waals surface area contributed by atoms with Gasteiger partial charge in [-0.15, -0.1) is 0 Å². The Morgan fingerprint density at radius 1 is 1.00 bits per heavy atom. The zero-order valence-electron chi connectivity index (χ0n) is 18.7. The Morgan fingerprint density at radius 2 is 1.61 bits per heavy atom. The number of carbonyl (C=O) groups excluding carboxylic acids is 3. The van der Waals surface area contributed by atoms with Crippen molar-refractivity contribution in [1.82, 2.24) is 5.32 Å². The maximum Gasteiger partial charge on any atom is 0.335 e. The smallest absolute Gasteiger partial charge is 0.335 e. The van der Waals surface area contributed by atoms with E-state index < -0.39 is 23.8 Å². The molecule has 4 amide bonds. The Bertz CT molecular complexity index is 1390. The van der Waals surface area contributed by atoms with Crippen molar-refractivity contribution in [1.29, 1.82) is 0 Å².